The number of carbonyl (C=O) groups is 1. The highest BCUT2D eigenvalue weighted by Crippen LogP contribution is 2.15. The van der Waals surface area contributed by atoms with Crippen molar-refractivity contribution in [2.45, 2.75) is 0 Å². The van der Waals surface area contributed by atoms with Gasteiger partial charge in [0, 0.05) is 7.05 Å². The summed E-state index contributed by atoms with van der Waals surface area (Å²) in [5, 5.41) is 16.4. The van der Waals surface area contributed by atoms with E-state index in [1.54, 1.807) is 0 Å². The Bertz CT molecular complexity index is 357. The van der Waals surface area contributed by atoms with E-state index in [9.17, 15) is 14.9 Å². The molecule has 0 aromatic carbocycles. The molecule has 1 N–H and O–H groups in total. The molecule has 0 spiro atoms. The summed E-state index contributed by atoms with van der Waals surface area (Å²) in [6, 6.07) is 0. The van der Waals surface area contributed by atoms with Crippen molar-refractivity contribution < 1.29 is 9.72 Å². The van der Waals surface area contributed by atoms with Gasteiger partial charge in [-0.15, -0.1) is 4.68 Å². The predicted octanol–water partition coefficient (Wildman–Crippen LogP) is -0.312. The molecule has 0 bridgehead atoms. The Labute approximate surface area is 73.5 Å². The number of hydrogen-bond donors (Lipinski definition) is 1. The van der Waals surface area contributed by atoms with Crippen LogP contribution in [0.3, 0.4) is 0 Å². The van der Waals surface area contributed by atoms with Gasteiger partial charge in [0.1, 0.15) is 7.05 Å². The summed E-state index contributed by atoms with van der Waals surface area (Å²) in [6.45, 7) is 0. The Kier molecular flexibility index (Phi) is 2.27. The molecule has 7 heteroatoms. The van der Waals surface area contributed by atoms with Gasteiger partial charge in [-0.3, -0.25) is 4.79 Å². The lowest BCUT2D eigenvalue weighted by molar-refractivity contribution is -0.392. The first-order chi connectivity index (χ1) is 6.07. The van der Waals surface area contributed by atoms with Crippen molar-refractivity contribution in [1.29, 1.82) is 0 Å². The third-order valence-electron chi connectivity index (χ3n) is 1.55. The summed E-state index contributed by atoms with van der Waals surface area (Å²) in [6.07, 6.45) is 1.16. The highest BCUT2D eigenvalue weighted by molar-refractivity contribution is 5.97. The van der Waals surface area contributed by atoms with Crippen molar-refractivity contribution in [2.24, 2.45) is 7.05 Å². The van der Waals surface area contributed by atoms with Crippen LogP contribution in [0.4, 0.5) is 5.82 Å². The molecule has 1 rings (SSSR count). The first-order valence-corrected chi connectivity index (χ1v) is 3.46. The van der Waals surface area contributed by atoms with E-state index in [2.05, 4.69) is 10.4 Å². The molecule has 7 nitrogen and oxygen atoms in total. The van der Waals surface area contributed by atoms with Gasteiger partial charge in [-0.05, 0) is 4.92 Å². The Balaban J connectivity index is 3.22. The third kappa shape index (κ3) is 1.48. The smallest absolute Gasteiger partial charge is 0.357 e. The second-order valence-electron chi connectivity index (χ2n) is 2.34. The Morgan fingerprint density at radius 1 is 1.77 bits per heavy atom. The van der Waals surface area contributed by atoms with Crippen LogP contribution in [0, 0.1) is 10.1 Å². The van der Waals surface area contributed by atoms with Crippen LogP contribution < -0.4 is 5.32 Å². The standard InChI is InChI=1S/C6H8N4O3/c1-7-5(11)4-3-8-9(2)6(4)10(12)13/h3H,1-2H3,(H,7,11). The van der Waals surface area contributed by atoms with Gasteiger partial charge < -0.3 is 15.4 Å². The highest BCUT2D eigenvalue weighted by Gasteiger charge is 2.23. The van der Waals surface area contributed by atoms with Gasteiger partial charge in [-0.25, -0.2) is 0 Å². The number of rotatable bonds is 2. The monoisotopic (exact) mass is 184 g/mol. The number of hydrogen-bond acceptors (Lipinski definition) is 4. The largest absolute Gasteiger partial charge is 0.358 e. The van der Waals surface area contributed by atoms with Gasteiger partial charge in [0.25, 0.3) is 5.91 Å². The van der Waals surface area contributed by atoms with E-state index in [1.807, 2.05) is 0 Å². The van der Waals surface area contributed by atoms with Crippen LogP contribution in [-0.2, 0) is 7.05 Å². The fourth-order valence-corrected chi connectivity index (χ4v) is 0.942. The maximum absolute atomic E-state index is 11.1. The highest BCUT2D eigenvalue weighted by atomic mass is 16.6. The van der Waals surface area contributed by atoms with E-state index < -0.39 is 10.8 Å². The minimum atomic E-state index is -0.641. The molecule has 1 heterocycles. The van der Waals surface area contributed by atoms with Crippen molar-refractivity contribution in [3.05, 3.63) is 21.9 Å². The van der Waals surface area contributed by atoms with E-state index in [-0.39, 0.29) is 11.4 Å². The Morgan fingerprint density at radius 3 is 2.85 bits per heavy atom. The van der Waals surface area contributed by atoms with E-state index in [0.29, 0.717) is 0 Å². The van der Waals surface area contributed by atoms with Crippen LogP contribution in [0.1, 0.15) is 10.4 Å². The zero-order chi connectivity index (χ0) is 10.0. The topological polar surface area (TPSA) is 90.1 Å². The lowest BCUT2D eigenvalue weighted by Crippen LogP contribution is -2.18. The fraction of sp³-hybridized carbons (Fsp3) is 0.333. The Hall–Kier alpha value is -1.92. The van der Waals surface area contributed by atoms with Crippen molar-refractivity contribution in [3.63, 3.8) is 0 Å². The summed E-state index contributed by atoms with van der Waals surface area (Å²) >= 11 is 0. The van der Waals surface area contributed by atoms with Gasteiger partial charge in [-0.1, -0.05) is 5.10 Å². The van der Waals surface area contributed by atoms with Crippen LogP contribution in [0.2, 0.25) is 0 Å². The SMILES string of the molecule is CNC(=O)c1cnn(C)c1[N+](=O)[O-]. The lowest BCUT2D eigenvalue weighted by Gasteiger charge is -1.97. The molecule has 0 aliphatic carbocycles. The zero-order valence-electron chi connectivity index (χ0n) is 7.14. The molecule has 1 amide bonds. The van der Waals surface area contributed by atoms with Gasteiger partial charge in [0.05, 0.1) is 6.20 Å². The van der Waals surface area contributed by atoms with Crippen LogP contribution in [-0.4, -0.2) is 27.7 Å². The molecule has 0 aliphatic rings. The summed E-state index contributed by atoms with van der Waals surface area (Å²) in [5.41, 5.74) is -0.0324. The maximum Gasteiger partial charge on any atom is 0.357 e. The maximum atomic E-state index is 11.1. The first kappa shape index (κ1) is 9.17. The number of carbonyl (C=O) groups excluding carboxylic acids is 1. The molecule has 0 fully saturated rings. The predicted molar refractivity (Wildman–Crippen MR) is 43.3 cm³/mol. The minimum Gasteiger partial charge on any atom is -0.358 e. The molecule has 0 saturated heterocycles. The van der Waals surface area contributed by atoms with Gasteiger partial charge >= 0.3 is 5.82 Å². The summed E-state index contributed by atoms with van der Waals surface area (Å²) < 4.78 is 1.05. The lowest BCUT2D eigenvalue weighted by atomic mass is 10.3. The molecule has 13 heavy (non-hydrogen) atoms. The molecule has 0 unspecified atom stereocenters. The van der Waals surface area contributed by atoms with Crippen LogP contribution in [0.15, 0.2) is 6.20 Å². The fourth-order valence-electron chi connectivity index (χ4n) is 0.942. The van der Waals surface area contributed by atoms with Gasteiger partial charge in [-0.2, -0.15) is 0 Å². The number of nitro groups is 1. The van der Waals surface area contributed by atoms with Crippen molar-refractivity contribution >= 4 is 11.7 Å². The molecule has 0 aliphatic heterocycles. The van der Waals surface area contributed by atoms with Gasteiger partial charge in [0.2, 0.25) is 0 Å². The number of aromatic nitrogens is 2. The average molecular weight is 184 g/mol. The van der Waals surface area contributed by atoms with Crippen LogP contribution in [0.25, 0.3) is 0 Å². The van der Waals surface area contributed by atoms with E-state index in [1.165, 1.54) is 14.1 Å². The molecule has 0 radical (unpaired) electrons. The van der Waals surface area contributed by atoms with Crippen LogP contribution >= 0.6 is 0 Å². The van der Waals surface area contributed by atoms with E-state index in [4.69, 9.17) is 0 Å². The third-order valence-corrected chi connectivity index (χ3v) is 1.55. The van der Waals surface area contributed by atoms with Gasteiger partial charge in [0.15, 0.2) is 5.56 Å². The van der Waals surface area contributed by atoms with Crippen LogP contribution in [0.5, 0.6) is 0 Å². The molecular weight excluding hydrogens is 176 g/mol. The number of amides is 1. The van der Waals surface area contributed by atoms with E-state index >= 15 is 0 Å². The first-order valence-electron chi connectivity index (χ1n) is 3.46. The average Bonchev–Trinajstić information content (AvgIpc) is 2.45. The summed E-state index contributed by atoms with van der Waals surface area (Å²) in [4.78, 5) is 20.9. The zero-order valence-corrected chi connectivity index (χ0v) is 7.14. The molecule has 70 valence electrons. The minimum absolute atomic E-state index is 0.0324. The molecular formula is C6H8N4O3. The molecule has 0 saturated carbocycles. The molecule has 1 aromatic rings. The molecule has 0 atom stereocenters. The van der Waals surface area contributed by atoms with E-state index in [0.717, 1.165) is 10.9 Å². The summed E-state index contributed by atoms with van der Waals surface area (Å²) in [5.74, 6) is -0.820. The summed E-state index contributed by atoms with van der Waals surface area (Å²) in [7, 11) is 2.81. The quantitative estimate of drug-likeness (QED) is 0.504. The Morgan fingerprint density at radius 2 is 2.38 bits per heavy atom. The normalized spacial score (nSPS) is 9.69. The molecule has 1 aromatic heterocycles. The van der Waals surface area contributed by atoms with Crippen molar-refractivity contribution in [3.8, 4) is 0 Å². The second-order valence-corrected chi connectivity index (χ2v) is 2.34. The van der Waals surface area contributed by atoms with Crippen molar-refractivity contribution in [1.82, 2.24) is 15.1 Å². The second kappa shape index (κ2) is 3.21. The number of aryl methyl sites for hydroxylation is 1. The number of nitrogens with zero attached hydrogens (tertiary/aromatic N) is 3. The van der Waals surface area contributed by atoms with Crippen molar-refractivity contribution in [2.75, 3.05) is 7.05 Å². The number of nitrogens with one attached hydrogen (secondary N) is 1.